The van der Waals surface area contributed by atoms with Gasteiger partial charge in [0.2, 0.25) is 0 Å². The van der Waals surface area contributed by atoms with Gasteiger partial charge in [0, 0.05) is 43.8 Å². The first kappa shape index (κ1) is 22.2. The number of imidazole rings is 1. The van der Waals surface area contributed by atoms with Crippen LogP contribution in [0.5, 0.6) is 5.75 Å². The standard InChI is InChI=1S/C26H27N5O2/c1-3-13-28-26(33)21-7-10-24-29-25(20-5-8-22(32)9-6-20)23(31(24)17-21)18-30(4-2)16-19-11-14-27-15-12-19/h3,5-12,14-15,17,32H,1,4,13,16,18H2,2H3,(H,28,33). The van der Waals surface area contributed by atoms with Crippen LogP contribution in [0.15, 0.2) is 79.8 Å². The molecule has 0 aliphatic rings. The summed E-state index contributed by atoms with van der Waals surface area (Å²) in [7, 11) is 0. The van der Waals surface area contributed by atoms with E-state index in [0.29, 0.717) is 18.7 Å². The zero-order valence-electron chi connectivity index (χ0n) is 18.6. The number of phenolic OH excluding ortho intramolecular Hbond substituents is 1. The van der Waals surface area contributed by atoms with E-state index in [2.05, 4.69) is 28.7 Å². The van der Waals surface area contributed by atoms with Crippen molar-refractivity contribution in [1.29, 1.82) is 0 Å². The van der Waals surface area contributed by atoms with Gasteiger partial charge in [-0.15, -0.1) is 6.58 Å². The fourth-order valence-electron chi connectivity index (χ4n) is 3.73. The fraction of sp³-hybridized carbons (Fsp3) is 0.192. The molecular formula is C26H27N5O2. The average Bonchev–Trinajstić information content (AvgIpc) is 3.20. The molecule has 0 bridgehead atoms. The monoisotopic (exact) mass is 441 g/mol. The molecule has 4 rings (SSSR count). The molecule has 0 unspecified atom stereocenters. The van der Waals surface area contributed by atoms with Crippen molar-refractivity contribution < 1.29 is 9.90 Å². The van der Waals surface area contributed by atoms with Crippen LogP contribution in [0, 0.1) is 0 Å². The predicted molar refractivity (Wildman–Crippen MR) is 129 cm³/mol. The maximum Gasteiger partial charge on any atom is 0.253 e. The number of hydrogen-bond donors (Lipinski definition) is 2. The van der Waals surface area contributed by atoms with Crippen molar-refractivity contribution >= 4 is 11.6 Å². The van der Waals surface area contributed by atoms with Crippen molar-refractivity contribution in [3.8, 4) is 17.0 Å². The molecule has 168 valence electrons. The van der Waals surface area contributed by atoms with Gasteiger partial charge in [-0.1, -0.05) is 13.0 Å². The van der Waals surface area contributed by atoms with E-state index < -0.39 is 0 Å². The van der Waals surface area contributed by atoms with Crippen LogP contribution in [0.1, 0.15) is 28.5 Å². The van der Waals surface area contributed by atoms with Crippen LogP contribution < -0.4 is 5.32 Å². The van der Waals surface area contributed by atoms with Crippen LogP contribution in [-0.4, -0.2) is 43.4 Å². The zero-order chi connectivity index (χ0) is 23.2. The van der Waals surface area contributed by atoms with Crippen molar-refractivity contribution in [2.24, 2.45) is 0 Å². The summed E-state index contributed by atoms with van der Waals surface area (Å²) in [4.78, 5) is 23.8. The molecule has 1 aromatic carbocycles. The maximum absolute atomic E-state index is 12.6. The Morgan fingerprint density at radius 2 is 1.88 bits per heavy atom. The highest BCUT2D eigenvalue weighted by Gasteiger charge is 2.18. The lowest BCUT2D eigenvalue weighted by Crippen LogP contribution is -2.24. The van der Waals surface area contributed by atoms with Gasteiger partial charge in [0.1, 0.15) is 11.4 Å². The van der Waals surface area contributed by atoms with Crippen molar-refractivity contribution in [3.05, 3.63) is 96.6 Å². The lowest BCUT2D eigenvalue weighted by molar-refractivity contribution is 0.0957. The van der Waals surface area contributed by atoms with Gasteiger partial charge in [-0.25, -0.2) is 4.98 Å². The molecule has 4 aromatic rings. The summed E-state index contributed by atoms with van der Waals surface area (Å²) in [6.45, 7) is 8.42. The van der Waals surface area contributed by atoms with Crippen molar-refractivity contribution in [3.63, 3.8) is 0 Å². The number of nitrogens with one attached hydrogen (secondary N) is 1. The zero-order valence-corrected chi connectivity index (χ0v) is 18.6. The summed E-state index contributed by atoms with van der Waals surface area (Å²) in [5.74, 6) is 0.0462. The molecule has 0 aliphatic heterocycles. The Balaban J connectivity index is 1.76. The van der Waals surface area contributed by atoms with Gasteiger partial charge in [0.25, 0.3) is 5.91 Å². The molecule has 0 spiro atoms. The SMILES string of the molecule is C=CCNC(=O)c1ccc2nc(-c3ccc(O)cc3)c(CN(CC)Cc3ccncc3)n2c1. The quantitative estimate of drug-likeness (QED) is 0.383. The second kappa shape index (κ2) is 10.1. The highest BCUT2D eigenvalue weighted by Crippen LogP contribution is 2.28. The minimum absolute atomic E-state index is 0.160. The first-order chi connectivity index (χ1) is 16.1. The van der Waals surface area contributed by atoms with Gasteiger partial charge < -0.3 is 14.8 Å². The molecule has 0 radical (unpaired) electrons. The topological polar surface area (TPSA) is 82.8 Å². The van der Waals surface area contributed by atoms with Crippen molar-refractivity contribution in [2.75, 3.05) is 13.1 Å². The Kier molecular flexibility index (Phi) is 6.80. The highest BCUT2D eigenvalue weighted by molar-refractivity contribution is 5.94. The van der Waals surface area contributed by atoms with Gasteiger partial charge in [0.05, 0.1) is 17.0 Å². The third kappa shape index (κ3) is 5.10. The molecule has 2 N–H and O–H groups in total. The second-order valence-corrected chi connectivity index (χ2v) is 7.76. The van der Waals surface area contributed by atoms with Crippen LogP contribution in [0.4, 0.5) is 0 Å². The number of carbonyl (C=O) groups excluding carboxylic acids is 1. The van der Waals surface area contributed by atoms with Gasteiger partial charge in [0.15, 0.2) is 0 Å². The summed E-state index contributed by atoms with van der Waals surface area (Å²) in [5, 5.41) is 12.6. The van der Waals surface area contributed by atoms with E-state index in [9.17, 15) is 9.90 Å². The van der Waals surface area contributed by atoms with E-state index >= 15 is 0 Å². The summed E-state index contributed by atoms with van der Waals surface area (Å²) in [6.07, 6.45) is 7.08. The molecule has 0 atom stereocenters. The number of aromatic nitrogens is 3. The summed E-state index contributed by atoms with van der Waals surface area (Å²) >= 11 is 0. The normalized spacial score (nSPS) is 11.1. The van der Waals surface area contributed by atoms with E-state index in [1.165, 1.54) is 5.56 Å². The number of carbonyl (C=O) groups is 1. The third-order valence-electron chi connectivity index (χ3n) is 5.50. The summed E-state index contributed by atoms with van der Waals surface area (Å²) in [6, 6.07) is 14.7. The smallest absolute Gasteiger partial charge is 0.253 e. The third-order valence-corrected chi connectivity index (χ3v) is 5.50. The van der Waals surface area contributed by atoms with Gasteiger partial charge in [-0.05, 0) is 60.6 Å². The number of rotatable bonds is 9. The first-order valence-electron chi connectivity index (χ1n) is 10.9. The second-order valence-electron chi connectivity index (χ2n) is 7.76. The van der Waals surface area contributed by atoms with E-state index in [-0.39, 0.29) is 11.7 Å². The van der Waals surface area contributed by atoms with Crippen molar-refractivity contribution in [2.45, 2.75) is 20.0 Å². The lowest BCUT2D eigenvalue weighted by atomic mass is 10.1. The molecular weight excluding hydrogens is 414 g/mol. The van der Waals surface area contributed by atoms with E-state index in [4.69, 9.17) is 4.98 Å². The predicted octanol–water partition coefficient (Wildman–Crippen LogP) is 4.04. The molecule has 7 nitrogen and oxygen atoms in total. The minimum Gasteiger partial charge on any atom is -0.508 e. The number of pyridine rings is 2. The van der Waals surface area contributed by atoms with Crippen LogP contribution in [0.25, 0.3) is 16.9 Å². The first-order valence-corrected chi connectivity index (χ1v) is 10.9. The molecule has 0 saturated heterocycles. The molecule has 1 amide bonds. The molecule has 7 heteroatoms. The number of aromatic hydroxyl groups is 1. The molecule has 3 aromatic heterocycles. The van der Waals surface area contributed by atoms with Crippen LogP contribution in [0.2, 0.25) is 0 Å². The Morgan fingerprint density at radius 3 is 2.58 bits per heavy atom. The number of hydrogen-bond acceptors (Lipinski definition) is 5. The largest absolute Gasteiger partial charge is 0.508 e. The van der Waals surface area contributed by atoms with Gasteiger partial charge in [-0.2, -0.15) is 0 Å². The number of phenols is 1. The maximum atomic E-state index is 12.6. The average molecular weight is 442 g/mol. The van der Waals surface area contributed by atoms with Crippen LogP contribution in [-0.2, 0) is 13.1 Å². The Labute approximate surface area is 193 Å². The van der Waals surface area contributed by atoms with Crippen LogP contribution >= 0.6 is 0 Å². The fourth-order valence-corrected chi connectivity index (χ4v) is 3.73. The Bertz CT molecular complexity index is 1250. The molecule has 33 heavy (non-hydrogen) atoms. The number of benzene rings is 1. The molecule has 0 fully saturated rings. The Morgan fingerprint density at radius 1 is 1.12 bits per heavy atom. The molecule has 3 heterocycles. The number of fused-ring (bicyclic) bond motifs is 1. The lowest BCUT2D eigenvalue weighted by Gasteiger charge is -2.21. The molecule has 0 saturated carbocycles. The van der Waals surface area contributed by atoms with Gasteiger partial charge in [-0.3, -0.25) is 14.7 Å². The summed E-state index contributed by atoms with van der Waals surface area (Å²) in [5.41, 5.74) is 5.20. The van der Waals surface area contributed by atoms with E-state index in [0.717, 1.165) is 35.7 Å². The van der Waals surface area contributed by atoms with Crippen molar-refractivity contribution in [1.82, 2.24) is 24.6 Å². The number of nitrogens with zero attached hydrogens (tertiary/aromatic N) is 4. The highest BCUT2D eigenvalue weighted by atomic mass is 16.3. The van der Waals surface area contributed by atoms with E-state index in [1.807, 2.05) is 40.9 Å². The minimum atomic E-state index is -0.160. The van der Waals surface area contributed by atoms with Crippen LogP contribution in [0.3, 0.4) is 0 Å². The number of amides is 1. The van der Waals surface area contributed by atoms with Gasteiger partial charge >= 0.3 is 0 Å². The molecule has 0 aliphatic carbocycles. The Hall–Kier alpha value is -3.97. The van der Waals surface area contributed by atoms with E-state index in [1.54, 1.807) is 36.7 Å². The summed E-state index contributed by atoms with van der Waals surface area (Å²) < 4.78 is 1.99.